The number of carbonyl (C=O) groups excluding carboxylic acids is 3. The topological polar surface area (TPSA) is 88.6 Å². The first-order chi connectivity index (χ1) is 15.2. The van der Waals surface area contributed by atoms with Crippen molar-refractivity contribution in [3.05, 3.63) is 69.1 Å². The number of amides is 2. The van der Waals surface area contributed by atoms with Gasteiger partial charge in [0.05, 0.1) is 22.9 Å². The predicted molar refractivity (Wildman–Crippen MR) is 125 cm³/mol. The molecule has 1 heterocycles. The van der Waals surface area contributed by atoms with Gasteiger partial charge in [-0.25, -0.2) is 9.78 Å². The van der Waals surface area contributed by atoms with Gasteiger partial charge in [0, 0.05) is 17.6 Å². The maximum absolute atomic E-state index is 12.5. The van der Waals surface area contributed by atoms with Crippen LogP contribution in [0.25, 0.3) is 10.6 Å². The molecule has 3 aromatic rings. The van der Waals surface area contributed by atoms with Crippen LogP contribution in [0, 0.1) is 6.92 Å². The van der Waals surface area contributed by atoms with Crippen LogP contribution in [0.5, 0.6) is 0 Å². The Balaban J connectivity index is 1.54. The summed E-state index contributed by atoms with van der Waals surface area (Å²) in [5.74, 6) is -1.61. The Morgan fingerprint density at radius 3 is 2.59 bits per heavy atom. The monoisotopic (exact) mass is 491 g/mol. The molecule has 0 fully saturated rings. The molecule has 2 aromatic carbocycles. The van der Waals surface area contributed by atoms with E-state index in [1.54, 1.807) is 49.4 Å². The summed E-state index contributed by atoms with van der Waals surface area (Å²) in [5.41, 5.74) is 1.72. The second-order valence-electron chi connectivity index (χ2n) is 6.80. The molecule has 3 rings (SSSR count). The van der Waals surface area contributed by atoms with Gasteiger partial charge in [0.1, 0.15) is 9.88 Å². The van der Waals surface area contributed by atoms with E-state index < -0.39 is 24.4 Å². The van der Waals surface area contributed by atoms with E-state index in [2.05, 4.69) is 10.3 Å². The standard InChI is InChI=1S/C22H19Cl2N3O4S/c1-13-20(32-21(25-13)14-6-5-7-15(23)10-14)22(30)31-12-19(29)27(2)11-18(28)26-17-9-4-3-8-16(17)24/h3-10H,11-12H2,1-2H3,(H,26,28). The van der Waals surface area contributed by atoms with Crippen LogP contribution in [-0.2, 0) is 14.3 Å². The molecule has 0 saturated carbocycles. The van der Waals surface area contributed by atoms with Crippen molar-refractivity contribution >= 4 is 58.0 Å². The molecule has 0 aliphatic carbocycles. The van der Waals surface area contributed by atoms with Gasteiger partial charge in [-0.3, -0.25) is 9.59 Å². The highest BCUT2D eigenvalue weighted by atomic mass is 35.5. The number of hydrogen-bond donors (Lipinski definition) is 1. The molecule has 0 radical (unpaired) electrons. The van der Waals surface area contributed by atoms with Gasteiger partial charge in [0.2, 0.25) is 5.91 Å². The van der Waals surface area contributed by atoms with Crippen molar-refractivity contribution in [2.24, 2.45) is 0 Å². The van der Waals surface area contributed by atoms with E-state index in [0.717, 1.165) is 21.8 Å². The van der Waals surface area contributed by atoms with Gasteiger partial charge in [-0.1, -0.05) is 47.5 Å². The van der Waals surface area contributed by atoms with Crippen molar-refractivity contribution in [2.75, 3.05) is 25.5 Å². The molecule has 0 bridgehead atoms. The highest BCUT2D eigenvalue weighted by Crippen LogP contribution is 2.30. The fourth-order valence-electron chi connectivity index (χ4n) is 2.69. The first kappa shape index (κ1) is 23.7. The third-order valence-electron chi connectivity index (χ3n) is 4.33. The zero-order valence-corrected chi connectivity index (χ0v) is 19.6. The zero-order chi connectivity index (χ0) is 23.3. The number of esters is 1. The van der Waals surface area contributed by atoms with Gasteiger partial charge in [0.25, 0.3) is 5.91 Å². The molecular formula is C22H19Cl2N3O4S. The normalized spacial score (nSPS) is 10.5. The smallest absolute Gasteiger partial charge is 0.350 e. The minimum Gasteiger partial charge on any atom is -0.451 e. The number of rotatable bonds is 7. The molecule has 7 nitrogen and oxygen atoms in total. The largest absolute Gasteiger partial charge is 0.451 e. The van der Waals surface area contributed by atoms with Crippen LogP contribution in [0.4, 0.5) is 5.69 Å². The molecule has 32 heavy (non-hydrogen) atoms. The molecular weight excluding hydrogens is 473 g/mol. The Morgan fingerprint density at radius 2 is 1.88 bits per heavy atom. The number of aromatic nitrogens is 1. The molecule has 166 valence electrons. The van der Waals surface area contributed by atoms with Crippen LogP contribution in [-0.4, -0.2) is 47.9 Å². The van der Waals surface area contributed by atoms with Gasteiger partial charge in [-0.05, 0) is 31.2 Å². The Kier molecular flexibility index (Phi) is 7.84. The van der Waals surface area contributed by atoms with Crippen molar-refractivity contribution in [1.82, 2.24) is 9.88 Å². The zero-order valence-electron chi connectivity index (χ0n) is 17.2. The Labute approximate surface area is 198 Å². The number of nitrogens with zero attached hydrogens (tertiary/aromatic N) is 2. The van der Waals surface area contributed by atoms with E-state index >= 15 is 0 Å². The number of benzene rings is 2. The summed E-state index contributed by atoms with van der Waals surface area (Å²) in [6.07, 6.45) is 0. The number of likely N-dealkylation sites (N-methyl/N-ethyl adjacent to an activating group) is 1. The minimum atomic E-state index is -0.657. The van der Waals surface area contributed by atoms with Gasteiger partial charge >= 0.3 is 5.97 Å². The number of anilines is 1. The number of para-hydroxylation sites is 1. The third kappa shape index (κ3) is 6.06. The van der Waals surface area contributed by atoms with Gasteiger partial charge < -0.3 is 15.0 Å². The molecule has 0 saturated heterocycles. The number of ether oxygens (including phenoxy) is 1. The van der Waals surface area contributed by atoms with Gasteiger partial charge in [0.15, 0.2) is 6.61 Å². The maximum atomic E-state index is 12.5. The van der Waals surface area contributed by atoms with Gasteiger partial charge in [-0.2, -0.15) is 0 Å². The average molecular weight is 492 g/mol. The third-order valence-corrected chi connectivity index (χ3v) is 6.09. The number of aryl methyl sites for hydroxylation is 1. The summed E-state index contributed by atoms with van der Waals surface area (Å²) in [5, 5.41) is 4.20. The second kappa shape index (κ2) is 10.6. The van der Waals surface area contributed by atoms with Crippen LogP contribution in [0.1, 0.15) is 15.4 Å². The number of thiazole rings is 1. The molecule has 1 N–H and O–H groups in total. The Hall–Kier alpha value is -2.94. The summed E-state index contributed by atoms with van der Waals surface area (Å²) in [4.78, 5) is 42.8. The number of nitrogens with one attached hydrogen (secondary N) is 1. The number of halogens is 2. The molecule has 1 aromatic heterocycles. The fraction of sp³-hybridized carbons (Fsp3) is 0.182. The van der Waals surface area contributed by atoms with E-state index in [9.17, 15) is 14.4 Å². The predicted octanol–water partition coefficient (Wildman–Crippen LogP) is 4.68. The molecule has 0 atom stereocenters. The van der Waals surface area contributed by atoms with Crippen LogP contribution < -0.4 is 5.32 Å². The number of carbonyl (C=O) groups is 3. The molecule has 0 spiro atoms. The summed E-state index contributed by atoms with van der Waals surface area (Å²) in [7, 11) is 1.44. The molecule has 0 aliphatic rings. The van der Waals surface area contributed by atoms with E-state index in [1.807, 2.05) is 6.07 Å². The SMILES string of the molecule is Cc1nc(-c2cccc(Cl)c2)sc1C(=O)OCC(=O)N(C)CC(=O)Nc1ccccc1Cl. The van der Waals surface area contributed by atoms with Gasteiger partial charge in [-0.15, -0.1) is 11.3 Å². The van der Waals surface area contributed by atoms with Crippen LogP contribution in [0.2, 0.25) is 10.0 Å². The van der Waals surface area contributed by atoms with E-state index in [0.29, 0.717) is 31.3 Å². The van der Waals surface area contributed by atoms with Crippen LogP contribution in [0.3, 0.4) is 0 Å². The first-order valence-electron chi connectivity index (χ1n) is 9.43. The quantitative estimate of drug-likeness (QED) is 0.484. The van der Waals surface area contributed by atoms with Crippen molar-refractivity contribution in [3.63, 3.8) is 0 Å². The van der Waals surface area contributed by atoms with Crippen molar-refractivity contribution in [2.45, 2.75) is 6.92 Å². The lowest BCUT2D eigenvalue weighted by Crippen LogP contribution is -2.37. The summed E-state index contributed by atoms with van der Waals surface area (Å²) < 4.78 is 5.15. The van der Waals surface area contributed by atoms with Crippen molar-refractivity contribution in [3.8, 4) is 10.6 Å². The summed E-state index contributed by atoms with van der Waals surface area (Å²) in [6, 6.07) is 13.9. The van der Waals surface area contributed by atoms with Crippen LogP contribution in [0.15, 0.2) is 48.5 Å². The lowest BCUT2D eigenvalue weighted by molar-refractivity contribution is -0.136. The molecule has 0 unspecified atom stereocenters. The molecule has 0 aliphatic heterocycles. The highest BCUT2D eigenvalue weighted by molar-refractivity contribution is 7.17. The average Bonchev–Trinajstić information content (AvgIpc) is 3.15. The van der Waals surface area contributed by atoms with Crippen LogP contribution >= 0.6 is 34.5 Å². The van der Waals surface area contributed by atoms with Crippen molar-refractivity contribution in [1.29, 1.82) is 0 Å². The summed E-state index contributed by atoms with van der Waals surface area (Å²) >= 11 is 13.2. The van der Waals surface area contributed by atoms with E-state index in [-0.39, 0.29) is 6.54 Å². The highest BCUT2D eigenvalue weighted by Gasteiger charge is 2.21. The van der Waals surface area contributed by atoms with Crippen molar-refractivity contribution < 1.29 is 19.1 Å². The number of hydrogen-bond acceptors (Lipinski definition) is 6. The van der Waals surface area contributed by atoms with E-state index in [4.69, 9.17) is 27.9 Å². The maximum Gasteiger partial charge on any atom is 0.350 e. The lowest BCUT2D eigenvalue weighted by atomic mass is 10.2. The first-order valence-corrected chi connectivity index (χ1v) is 11.0. The molecule has 10 heteroatoms. The molecule has 2 amide bonds. The fourth-order valence-corrected chi connectivity index (χ4v) is 4.02. The minimum absolute atomic E-state index is 0.222. The lowest BCUT2D eigenvalue weighted by Gasteiger charge is -2.17. The summed E-state index contributed by atoms with van der Waals surface area (Å²) in [6.45, 7) is 0.965. The Bertz CT molecular complexity index is 1170. The Morgan fingerprint density at radius 1 is 1.12 bits per heavy atom. The van der Waals surface area contributed by atoms with E-state index in [1.165, 1.54) is 7.05 Å². The second-order valence-corrected chi connectivity index (χ2v) is 8.64.